The summed E-state index contributed by atoms with van der Waals surface area (Å²) in [7, 11) is 2.99. The van der Waals surface area contributed by atoms with Crippen LogP contribution in [0, 0.1) is 0 Å². The molecule has 2 rings (SSSR count). The summed E-state index contributed by atoms with van der Waals surface area (Å²) in [5, 5.41) is 2.25. The number of nitrogens with one attached hydrogen (secondary N) is 1. The zero-order chi connectivity index (χ0) is 11.7. The number of carbonyl (C=O) groups is 2. The second-order valence-electron chi connectivity index (χ2n) is 3.42. The summed E-state index contributed by atoms with van der Waals surface area (Å²) < 4.78 is 10.2. The summed E-state index contributed by atoms with van der Waals surface area (Å²) in [5.41, 5.74) is 1.04. The standard InChI is InChI=1S/C11H11NO4/c1-15-7-3-6-4-9(13)12-11(14)10(6)8(5-7)16-2/h3,5H,4H2,1-2H3,(H,12,13,14). The van der Waals surface area contributed by atoms with E-state index in [9.17, 15) is 9.59 Å². The number of fused-ring (bicyclic) bond motifs is 1. The van der Waals surface area contributed by atoms with Gasteiger partial charge in [0.15, 0.2) is 0 Å². The molecule has 0 bridgehead atoms. The molecule has 0 unspecified atom stereocenters. The Morgan fingerprint density at radius 2 is 1.94 bits per heavy atom. The van der Waals surface area contributed by atoms with Crippen molar-refractivity contribution in [2.24, 2.45) is 0 Å². The van der Waals surface area contributed by atoms with Crippen LogP contribution < -0.4 is 14.8 Å². The molecule has 0 saturated carbocycles. The Balaban J connectivity index is 2.60. The SMILES string of the molecule is COc1cc2c(c(OC)c1)C(=O)NC(=O)C2. The molecular weight excluding hydrogens is 210 g/mol. The zero-order valence-corrected chi connectivity index (χ0v) is 8.99. The topological polar surface area (TPSA) is 64.6 Å². The largest absolute Gasteiger partial charge is 0.497 e. The Hall–Kier alpha value is -2.04. The Labute approximate surface area is 92.4 Å². The van der Waals surface area contributed by atoms with E-state index in [0.717, 1.165) is 0 Å². The average molecular weight is 221 g/mol. The fraction of sp³-hybridized carbons (Fsp3) is 0.273. The molecule has 0 aliphatic carbocycles. The van der Waals surface area contributed by atoms with Crippen LogP contribution >= 0.6 is 0 Å². The van der Waals surface area contributed by atoms with Gasteiger partial charge in [-0.2, -0.15) is 0 Å². The van der Waals surface area contributed by atoms with Crippen LogP contribution in [0.25, 0.3) is 0 Å². The van der Waals surface area contributed by atoms with Gasteiger partial charge in [0.1, 0.15) is 11.5 Å². The Morgan fingerprint density at radius 3 is 2.56 bits per heavy atom. The zero-order valence-electron chi connectivity index (χ0n) is 8.99. The molecule has 1 aromatic rings. The molecule has 0 atom stereocenters. The summed E-state index contributed by atoms with van der Waals surface area (Å²) in [6, 6.07) is 3.29. The minimum atomic E-state index is -0.425. The number of benzene rings is 1. The number of carbonyl (C=O) groups excluding carboxylic acids is 2. The first kappa shape index (κ1) is 10.5. The highest BCUT2D eigenvalue weighted by atomic mass is 16.5. The van der Waals surface area contributed by atoms with Crippen LogP contribution in [0.2, 0.25) is 0 Å². The van der Waals surface area contributed by atoms with Crippen LogP contribution in [0.15, 0.2) is 12.1 Å². The predicted octanol–water partition coefficient (Wildman–Crippen LogP) is 0.516. The molecule has 5 nitrogen and oxygen atoms in total. The average Bonchev–Trinajstić information content (AvgIpc) is 2.26. The molecule has 1 aromatic carbocycles. The van der Waals surface area contributed by atoms with E-state index in [1.165, 1.54) is 14.2 Å². The van der Waals surface area contributed by atoms with E-state index in [4.69, 9.17) is 9.47 Å². The van der Waals surface area contributed by atoms with Gasteiger partial charge in [-0.3, -0.25) is 14.9 Å². The van der Waals surface area contributed by atoms with Crippen molar-refractivity contribution in [2.75, 3.05) is 14.2 Å². The number of ether oxygens (including phenoxy) is 2. The minimum Gasteiger partial charge on any atom is -0.497 e. The molecule has 5 heteroatoms. The Bertz CT molecular complexity index is 467. The van der Waals surface area contributed by atoms with Crippen molar-refractivity contribution in [3.63, 3.8) is 0 Å². The van der Waals surface area contributed by atoms with E-state index in [-0.39, 0.29) is 12.3 Å². The molecule has 1 heterocycles. The van der Waals surface area contributed by atoms with Gasteiger partial charge in [-0.15, -0.1) is 0 Å². The molecular formula is C11H11NO4. The molecule has 1 N–H and O–H groups in total. The highest BCUT2D eigenvalue weighted by Crippen LogP contribution is 2.30. The Kier molecular flexibility index (Phi) is 2.52. The van der Waals surface area contributed by atoms with Crippen LogP contribution in [-0.2, 0) is 11.2 Å². The van der Waals surface area contributed by atoms with Gasteiger partial charge in [0.05, 0.1) is 26.2 Å². The van der Waals surface area contributed by atoms with E-state index in [1.54, 1.807) is 12.1 Å². The van der Waals surface area contributed by atoms with Crippen molar-refractivity contribution in [2.45, 2.75) is 6.42 Å². The molecule has 1 aliphatic heterocycles. The second kappa shape index (κ2) is 3.84. The van der Waals surface area contributed by atoms with Crippen molar-refractivity contribution in [3.8, 4) is 11.5 Å². The van der Waals surface area contributed by atoms with E-state index in [2.05, 4.69) is 5.32 Å². The smallest absolute Gasteiger partial charge is 0.261 e. The first-order valence-corrected chi connectivity index (χ1v) is 4.74. The van der Waals surface area contributed by atoms with Gasteiger partial charge < -0.3 is 9.47 Å². The molecule has 2 amide bonds. The lowest BCUT2D eigenvalue weighted by molar-refractivity contribution is -0.119. The third kappa shape index (κ3) is 1.60. The van der Waals surface area contributed by atoms with E-state index in [1.807, 2.05) is 0 Å². The minimum absolute atomic E-state index is 0.161. The summed E-state index contributed by atoms with van der Waals surface area (Å²) in [6.07, 6.45) is 0.161. The lowest BCUT2D eigenvalue weighted by Gasteiger charge is -2.18. The first-order chi connectivity index (χ1) is 7.65. The number of rotatable bonds is 2. The summed E-state index contributed by atoms with van der Waals surface area (Å²) in [5.74, 6) is 0.246. The van der Waals surface area contributed by atoms with Crippen molar-refractivity contribution in [3.05, 3.63) is 23.3 Å². The first-order valence-electron chi connectivity index (χ1n) is 4.74. The number of imide groups is 1. The fourth-order valence-corrected chi connectivity index (χ4v) is 1.73. The predicted molar refractivity (Wildman–Crippen MR) is 55.7 cm³/mol. The molecule has 0 fully saturated rings. The third-order valence-corrected chi connectivity index (χ3v) is 2.44. The van der Waals surface area contributed by atoms with Gasteiger partial charge in [-0.05, 0) is 11.6 Å². The van der Waals surface area contributed by atoms with Crippen molar-refractivity contribution in [1.82, 2.24) is 5.32 Å². The molecule has 16 heavy (non-hydrogen) atoms. The number of hydrogen-bond acceptors (Lipinski definition) is 4. The molecule has 0 radical (unpaired) electrons. The van der Waals surface area contributed by atoms with Crippen LogP contribution in [0.1, 0.15) is 15.9 Å². The maximum atomic E-state index is 11.6. The quantitative estimate of drug-likeness (QED) is 0.739. The van der Waals surface area contributed by atoms with Crippen molar-refractivity contribution >= 4 is 11.8 Å². The summed E-state index contributed by atoms with van der Waals surface area (Å²) in [4.78, 5) is 22.8. The van der Waals surface area contributed by atoms with Crippen LogP contribution in [0.5, 0.6) is 11.5 Å². The highest BCUT2D eigenvalue weighted by Gasteiger charge is 2.26. The van der Waals surface area contributed by atoms with Crippen molar-refractivity contribution in [1.29, 1.82) is 0 Å². The molecule has 0 saturated heterocycles. The van der Waals surface area contributed by atoms with Gasteiger partial charge in [-0.1, -0.05) is 0 Å². The van der Waals surface area contributed by atoms with Gasteiger partial charge in [0.25, 0.3) is 5.91 Å². The highest BCUT2D eigenvalue weighted by molar-refractivity contribution is 6.11. The van der Waals surface area contributed by atoms with Gasteiger partial charge >= 0.3 is 0 Å². The monoisotopic (exact) mass is 221 g/mol. The van der Waals surface area contributed by atoms with E-state index < -0.39 is 5.91 Å². The maximum absolute atomic E-state index is 11.6. The fourth-order valence-electron chi connectivity index (χ4n) is 1.73. The summed E-state index contributed by atoms with van der Waals surface area (Å²) >= 11 is 0. The van der Waals surface area contributed by atoms with Gasteiger partial charge in [0, 0.05) is 6.07 Å². The number of hydrogen-bond donors (Lipinski definition) is 1. The summed E-state index contributed by atoms with van der Waals surface area (Å²) in [6.45, 7) is 0. The lowest BCUT2D eigenvalue weighted by atomic mass is 9.98. The Morgan fingerprint density at radius 1 is 1.19 bits per heavy atom. The van der Waals surface area contributed by atoms with E-state index >= 15 is 0 Å². The van der Waals surface area contributed by atoms with Gasteiger partial charge in [-0.25, -0.2) is 0 Å². The van der Waals surface area contributed by atoms with Crippen LogP contribution in [-0.4, -0.2) is 26.0 Å². The number of amides is 2. The molecule has 1 aliphatic rings. The van der Waals surface area contributed by atoms with Crippen LogP contribution in [0.4, 0.5) is 0 Å². The van der Waals surface area contributed by atoms with E-state index in [0.29, 0.717) is 22.6 Å². The van der Waals surface area contributed by atoms with Gasteiger partial charge in [0.2, 0.25) is 5.91 Å². The van der Waals surface area contributed by atoms with Crippen molar-refractivity contribution < 1.29 is 19.1 Å². The molecule has 84 valence electrons. The normalized spacial score (nSPS) is 14.1. The second-order valence-corrected chi connectivity index (χ2v) is 3.42. The third-order valence-electron chi connectivity index (χ3n) is 2.44. The molecule has 0 spiro atoms. The van der Waals surface area contributed by atoms with Crippen LogP contribution in [0.3, 0.4) is 0 Å². The number of methoxy groups -OCH3 is 2. The molecule has 0 aromatic heterocycles. The maximum Gasteiger partial charge on any atom is 0.261 e. The lowest BCUT2D eigenvalue weighted by Crippen LogP contribution is -2.37.